The standard InChI is InChI=1S/C21H27FN2O4S/c1-4-20(21(25)23-15-5-6-16-7-9-17(22)10-8-16)24(29(3,26)27)18-11-13-19(28-2)14-12-18/h7-14,20H,4-6,15H2,1-3H3,(H,23,25). The van der Waals surface area contributed by atoms with Gasteiger partial charge in [-0.25, -0.2) is 12.8 Å². The lowest BCUT2D eigenvalue weighted by Gasteiger charge is -2.30. The van der Waals surface area contributed by atoms with Crippen LogP contribution in [0.1, 0.15) is 25.3 Å². The number of nitrogens with one attached hydrogen (secondary N) is 1. The fourth-order valence-electron chi connectivity index (χ4n) is 3.06. The molecule has 0 spiro atoms. The zero-order valence-corrected chi connectivity index (χ0v) is 17.7. The van der Waals surface area contributed by atoms with Crippen molar-refractivity contribution < 1.29 is 22.3 Å². The predicted molar refractivity (Wildman–Crippen MR) is 112 cm³/mol. The van der Waals surface area contributed by atoms with Gasteiger partial charge in [-0.3, -0.25) is 9.10 Å². The highest BCUT2D eigenvalue weighted by molar-refractivity contribution is 7.92. The molecule has 0 fully saturated rings. The van der Waals surface area contributed by atoms with Crippen molar-refractivity contribution >= 4 is 21.6 Å². The van der Waals surface area contributed by atoms with E-state index in [1.54, 1.807) is 43.3 Å². The lowest BCUT2D eigenvalue weighted by atomic mass is 10.1. The maximum absolute atomic E-state index is 12.9. The van der Waals surface area contributed by atoms with E-state index in [1.165, 1.54) is 19.2 Å². The van der Waals surface area contributed by atoms with Crippen molar-refractivity contribution in [1.29, 1.82) is 0 Å². The third-order valence-corrected chi connectivity index (χ3v) is 5.69. The van der Waals surface area contributed by atoms with Crippen molar-refractivity contribution in [3.05, 3.63) is 59.9 Å². The average molecular weight is 423 g/mol. The number of anilines is 1. The quantitative estimate of drug-likeness (QED) is 0.597. The van der Waals surface area contributed by atoms with Crippen LogP contribution in [-0.2, 0) is 21.2 Å². The smallest absolute Gasteiger partial charge is 0.243 e. The molecule has 0 saturated carbocycles. The molecule has 6 nitrogen and oxygen atoms in total. The molecule has 0 radical (unpaired) electrons. The van der Waals surface area contributed by atoms with Crippen molar-refractivity contribution in [2.75, 3.05) is 24.2 Å². The number of carbonyl (C=O) groups is 1. The first-order chi connectivity index (χ1) is 13.8. The third-order valence-electron chi connectivity index (χ3n) is 4.51. The summed E-state index contributed by atoms with van der Waals surface area (Å²) in [6.07, 6.45) is 2.76. The molecule has 1 amide bonds. The summed E-state index contributed by atoms with van der Waals surface area (Å²) in [5, 5.41) is 2.82. The van der Waals surface area contributed by atoms with Crippen LogP contribution in [0.5, 0.6) is 5.75 Å². The van der Waals surface area contributed by atoms with E-state index in [0.29, 0.717) is 37.2 Å². The van der Waals surface area contributed by atoms with Gasteiger partial charge < -0.3 is 10.1 Å². The van der Waals surface area contributed by atoms with Gasteiger partial charge in [0.25, 0.3) is 0 Å². The Morgan fingerprint density at radius 2 is 1.76 bits per heavy atom. The first kappa shape index (κ1) is 22.7. The molecule has 0 aliphatic heterocycles. The Morgan fingerprint density at radius 1 is 1.14 bits per heavy atom. The van der Waals surface area contributed by atoms with Crippen LogP contribution < -0.4 is 14.4 Å². The molecule has 2 aromatic carbocycles. The summed E-state index contributed by atoms with van der Waals surface area (Å²) < 4.78 is 44.0. The van der Waals surface area contributed by atoms with Crippen LogP contribution in [-0.4, -0.2) is 40.3 Å². The third kappa shape index (κ3) is 6.45. The second-order valence-electron chi connectivity index (χ2n) is 6.70. The number of amides is 1. The SMILES string of the molecule is CCC(C(=O)NCCCc1ccc(F)cc1)N(c1ccc(OC)cc1)S(C)(=O)=O. The first-order valence-corrected chi connectivity index (χ1v) is 11.3. The van der Waals surface area contributed by atoms with Gasteiger partial charge in [0.05, 0.1) is 19.1 Å². The van der Waals surface area contributed by atoms with Crippen LogP contribution in [0, 0.1) is 5.82 Å². The molecule has 0 aliphatic carbocycles. The van der Waals surface area contributed by atoms with E-state index in [2.05, 4.69) is 5.32 Å². The molecule has 2 aromatic rings. The van der Waals surface area contributed by atoms with Gasteiger partial charge in [-0.05, 0) is 61.2 Å². The van der Waals surface area contributed by atoms with Crippen LogP contribution in [0.4, 0.5) is 10.1 Å². The van der Waals surface area contributed by atoms with E-state index >= 15 is 0 Å². The van der Waals surface area contributed by atoms with Crippen LogP contribution >= 0.6 is 0 Å². The fraction of sp³-hybridized carbons (Fsp3) is 0.381. The van der Waals surface area contributed by atoms with Gasteiger partial charge in [0.15, 0.2) is 0 Å². The number of hydrogen-bond acceptors (Lipinski definition) is 4. The number of rotatable bonds is 10. The summed E-state index contributed by atoms with van der Waals surface area (Å²) in [6, 6.07) is 11.9. The van der Waals surface area contributed by atoms with Crippen LogP contribution in [0.2, 0.25) is 0 Å². The van der Waals surface area contributed by atoms with E-state index in [-0.39, 0.29) is 11.7 Å². The molecule has 0 aliphatic rings. The molecule has 1 N–H and O–H groups in total. The van der Waals surface area contributed by atoms with Crippen LogP contribution in [0.25, 0.3) is 0 Å². The van der Waals surface area contributed by atoms with Gasteiger partial charge in [0.1, 0.15) is 17.6 Å². The molecule has 1 unspecified atom stereocenters. The normalized spacial score (nSPS) is 12.3. The largest absolute Gasteiger partial charge is 0.497 e. The molecule has 2 rings (SSSR count). The first-order valence-electron chi connectivity index (χ1n) is 9.42. The van der Waals surface area contributed by atoms with Gasteiger partial charge >= 0.3 is 0 Å². The lowest BCUT2D eigenvalue weighted by Crippen LogP contribution is -2.49. The van der Waals surface area contributed by atoms with Gasteiger partial charge in [-0.1, -0.05) is 19.1 Å². The van der Waals surface area contributed by atoms with Crippen LogP contribution in [0.15, 0.2) is 48.5 Å². The van der Waals surface area contributed by atoms with E-state index < -0.39 is 16.1 Å². The summed E-state index contributed by atoms with van der Waals surface area (Å²) in [4.78, 5) is 12.7. The molecule has 0 saturated heterocycles. The number of halogens is 1. The minimum absolute atomic E-state index is 0.285. The number of carbonyl (C=O) groups excluding carboxylic acids is 1. The molecule has 0 heterocycles. The minimum Gasteiger partial charge on any atom is -0.497 e. The summed E-state index contributed by atoms with van der Waals surface area (Å²) in [6.45, 7) is 2.16. The Morgan fingerprint density at radius 3 is 2.28 bits per heavy atom. The Balaban J connectivity index is 2.04. The van der Waals surface area contributed by atoms with Crippen molar-refractivity contribution in [3.8, 4) is 5.75 Å². The van der Waals surface area contributed by atoms with Gasteiger partial charge in [0.2, 0.25) is 15.9 Å². The number of sulfonamides is 1. The molecule has 0 aromatic heterocycles. The number of ether oxygens (including phenoxy) is 1. The highest BCUT2D eigenvalue weighted by Gasteiger charge is 2.31. The van der Waals surface area contributed by atoms with Gasteiger partial charge in [-0.2, -0.15) is 0 Å². The maximum atomic E-state index is 12.9. The molecule has 8 heteroatoms. The zero-order chi connectivity index (χ0) is 21.4. The highest BCUT2D eigenvalue weighted by atomic mass is 32.2. The fourth-order valence-corrected chi connectivity index (χ4v) is 4.27. The highest BCUT2D eigenvalue weighted by Crippen LogP contribution is 2.25. The summed E-state index contributed by atoms with van der Waals surface area (Å²) >= 11 is 0. The Kier molecular flexibility index (Phi) is 8.01. The number of nitrogens with zero attached hydrogens (tertiary/aromatic N) is 1. The molecule has 0 bridgehead atoms. The molecule has 29 heavy (non-hydrogen) atoms. The summed E-state index contributed by atoms with van der Waals surface area (Å²) in [5.74, 6) is -0.0411. The Bertz CT molecular complexity index is 899. The lowest BCUT2D eigenvalue weighted by molar-refractivity contribution is -0.122. The van der Waals surface area contributed by atoms with Crippen molar-refractivity contribution in [1.82, 2.24) is 5.32 Å². The second kappa shape index (κ2) is 10.2. The molecular weight excluding hydrogens is 395 g/mol. The van der Waals surface area contributed by atoms with Crippen molar-refractivity contribution in [2.24, 2.45) is 0 Å². The van der Waals surface area contributed by atoms with Crippen molar-refractivity contribution in [3.63, 3.8) is 0 Å². The number of hydrogen-bond donors (Lipinski definition) is 1. The molecule has 158 valence electrons. The summed E-state index contributed by atoms with van der Waals surface area (Å²) in [5.41, 5.74) is 1.38. The van der Waals surface area contributed by atoms with Crippen molar-refractivity contribution in [2.45, 2.75) is 32.2 Å². The van der Waals surface area contributed by atoms with E-state index in [4.69, 9.17) is 4.74 Å². The van der Waals surface area contributed by atoms with E-state index in [9.17, 15) is 17.6 Å². The Hall–Kier alpha value is -2.61. The number of methoxy groups -OCH3 is 1. The van der Waals surface area contributed by atoms with Gasteiger partial charge in [-0.15, -0.1) is 0 Å². The molecule has 1 atom stereocenters. The predicted octanol–water partition coefficient (Wildman–Crippen LogP) is 3.13. The van der Waals surface area contributed by atoms with E-state index in [0.717, 1.165) is 16.1 Å². The average Bonchev–Trinajstić information content (AvgIpc) is 2.69. The molecular formula is C21H27FN2O4S. The summed E-state index contributed by atoms with van der Waals surface area (Å²) in [7, 11) is -2.15. The second-order valence-corrected chi connectivity index (χ2v) is 8.56. The zero-order valence-electron chi connectivity index (χ0n) is 16.9. The number of aryl methyl sites for hydroxylation is 1. The number of benzene rings is 2. The minimum atomic E-state index is -3.68. The monoisotopic (exact) mass is 422 g/mol. The Labute approximate surface area is 171 Å². The van der Waals surface area contributed by atoms with Crippen LogP contribution in [0.3, 0.4) is 0 Å². The van der Waals surface area contributed by atoms with E-state index in [1.807, 2.05) is 0 Å². The maximum Gasteiger partial charge on any atom is 0.243 e. The van der Waals surface area contributed by atoms with Gasteiger partial charge in [0, 0.05) is 6.54 Å². The topological polar surface area (TPSA) is 75.7 Å².